The molecule has 156 valence electrons. The Morgan fingerprint density at radius 3 is 2.23 bits per heavy atom. The van der Waals surface area contributed by atoms with Crippen molar-refractivity contribution in [2.45, 2.75) is 24.4 Å². The van der Waals surface area contributed by atoms with Crippen molar-refractivity contribution in [3.63, 3.8) is 0 Å². The van der Waals surface area contributed by atoms with Gasteiger partial charge in [-0.15, -0.1) is 0 Å². The summed E-state index contributed by atoms with van der Waals surface area (Å²) in [6, 6.07) is 24.6. The first kappa shape index (κ1) is 20.6. The largest absolute Gasteiger partial charge is 0.497 e. The summed E-state index contributed by atoms with van der Waals surface area (Å²) in [5.41, 5.74) is 3.16. The van der Waals surface area contributed by atoms with E-state index in [2.05, 4.69) is 17.0 Å². The van der Waals surface area contributed by atoms with E-state index in [1.807, 2.05) is 61.5 Å². The molecule has 3 aromatic carbocycles. The summed E-state index contributed by atoms with van der Waals surface area (Å²) in [6.07, 6.45) is 0. The van der Waals surface area contributed by atoms with Gasteiger partial charge in [-0.2, -0.15) is 4.31 Å². The van der Waals surface area contributed by atoms with E-state index in [-0.39, 0.29) is 6.04 Å². The highest BCUT2D eigenvalue weighted by atomic mass is 32.2. The zero-order chi connectivity index (χ0) is 21.1. The number of nitrogens with zero attached hydrogens (tertiary/aromatic N) is 2. The highest BCUT2D eigenvalue weighted by molar-refractivity contribution is 7.89. The molecule has 0 bridgehead atoms. The monoisotopic (exact) mass is 422 g/mol. The van der Waals surface area contributed by atoms with Crippen LogP contribution in [0.4, 0.5) is 0 Å². The smallest absolute Gasteiger partial charge is 0.244 e. The van der Waals surface area contributed by atoms with Gasteiger partial charge in [0.15, 0.2) is 0 Å². The third kappa shape index (κ3) is 4.26. The number of methoxy groups -OCH3 is 1. The first-order valence-electron chi connectivity index (χ1n) is 9.96. The van der Waals surface area contributed by atoms with E-state index in [0.29, 0.717) is 24.7 Å². The average molecular weight is 423 g/mol. The van der Waals surface area contributed by atoms with Gasteiger partial charge in [0.1, 0.15) is 5.75 Å². The molecule has 0 aliphatic carbocycles. The van der Waals surface area contributed by atoms with Gasteiger partial charge in [-0.1, -0.05) is 60.2 Å². The van der Waals surface area contributed by atoms with Crippen LogP contribution >= 0.6 is 0 Å². The molecule has 1 atom stereocenters. The lowest BCUT2D eigenvalue weighted by molar-refractivity contribution is 0.295. The number of rotatable bonds is 6. The van der Waals surface area contributed by atoms with Crippen molar-refractivity contribution in [1.82, 2.24) is 9.21 Å². The molecule has 0 radical (unpaired) electrons. The molecule has 0 aromatic heterocycles. The van der Waals surface area contributed by atoms with Crippen LogP contribution in [0.15, 0.2) is 83.8 Å². The zero-order valence-electron chi connectivity index (χ0n) is 17.2. The Morgan fingerprint density at radius 1 is 0.933 bits per heavy atom. The molecule has 6 heteroatoms. The van der Waals surface area contributed by atoms with Crippen molar-refractivity contribution in [3.05, 3.63) is 95.6 Å². The van der Waals surface area contributed by atoms with Gasteiger partial charge in [0.05, 0.1) is 24.7 Å². The van der Waals surface area contributed by atoms with Crippen LogP contribution in [0, 0.1) is 6.92 Å². The lowest BCUT2D eigenvalue weighted by Crippen LogP contribution is -2.32. The minimum atomic E-state index is -3.63. The molecule has 5 nitrogen and oxygen atoms in total. The average Bonchev–Trinajstić information content (AvgIpc) is 3.19. The van der Waals surface area contributed by atoms with Crippen LogP contribution in [0.2, 0.25) is 0 Å². The Bertz CT molecular complexity index is 1080. The highest BCUT2D eigenvalue weighted by Crippen LogP contribution is 2.35. The summed E-state index contributed by atoms with van der Waals surface area (Å²) in [7, 11) is -2.01. The maximum Gasteiger partial charge on any atom is 0.244 e. The second kappa shape index (κ2) is 8.60. The zero-order valence-corrected chi connectivity index (χ0v) is 18.0. The highest BCUT2D eigenvalue weighted by Gasteiger charge is 2.40. The molecule has 1 aliphatic heterocycles. The minimum Gasteiger partial charge on any atom is -0.497 e. The number of benzene rings is 3. The second-order valence-electron chi connectivity index (χ2n) is 7.63. The maximum absolute atomic E-state index is 13.5. The minimum absolute atomic E-state index is 0.258. The predicted octanol–water partition coefficient (Wildman–Crippen LogP) is 4.21. The topological polar surface area (TPSA) is 49.9 Å². The van der Waals surface area contributed by atoms with E-state index >= 15 is 0 Å². The van der Waals surface area contributed by atoms with Gasteiger partial charge in [0, 0.05) is 13.1 Å². The van der Waals surface area contributed by atoms with Crippen LogP contribution < -0.4 is 4.74 Å². The molecule has 3 aromatic rings. The Labute approximate surface area is 178 Å². The lowest BCUT2D eigenvalue weighted by atomic mass is 10.1. The molecule has 0 spiro atoms. The molecule has 0 N–H and O–H groups in total. The fourth-order valence-corrected chi connectivity index (χ4v) is 5.42. The number of sulfonamides is 1. The molecule has 1 saturated heterocycles. The van der Waals surface area contributed by atoms with Crippen LogP contribution in [-0.4, -0.2) is 37.9 Å². The fourth-order valence-electron chi connectivity index (χ4n) is 3.83. The van der Waals surface area contributed by atoms with Crippen LogP contribution in [0.1, 0.15) is 22.7 Å². The molecule has 1 heterocycles. The molecular formula is C24H26N2O3S. The van der Waals surface area contributed by atoms with Crippen molar-refractivity contribution >= 4 is 10.0 Å². The molecule has 30 heavy (non-hydrogen) atoms. The molecule has 1 unspecified atom stereocenters. The SMILES string of the molecule is COc1ccc(C2CN(Cc3ccccc3)CN2S(=O)(=O)c2ccc(C)cc2)cc1. The van der Waals surface area contributed by atoms with E-state index in [9.17, 15) is 8.42 Å². The van der Waals surface area contributed by atoms with E-state index in [1.165, 1.54) is 5.56 Å². The van der Waals surface area contributed by atoms with Gasteiger partial charge >= 0.3 is 0 Å². The third-order valence-corrected chi connectivity index (χ3v) is 7.35. The molecule has 0 saturated carbocycles. The first-order valence-corrected chi connectivity index (χ1v) is 11.4. The number of ether oxygens (including phenoxy) is 1. The molecule has 4 rings (SSSR count). The van der Waals surface area contributed by atoms with Crippen LogP contribution in [0.25, 0.3) is 0 Å². The lowest BCUT2D eigenvalue weighted by Gasteiger charge is -2.23. The normalized spacial score (nSPS) is 17.9. The second-order valence-corrected chi connectivity index (χ2v) is 9.52. The van der Waals surface area contributed by atoms with Gasteiger partial charge in [0.25, 0.3) is 0 Å². The van der Waals surface area contributed by atoms with Gasteiger partial charge in [-0.25, -0.2) is 8.42 Å². The van der Waals surface area contributed by atoms with Crippen molar-refractivity contribution in [3.8, 4) is 5.75 Å². The number of hydrogen-bond donors (Lipinski definition) is 0. The predicted molar refractivity (Wildman–Crippen MR) is 118 cm³/mol. The summed E-state index contributed by atoms with van der Waals surface area (Å²) in [5, 5.41) is 0. The fraction of sp³-hybridized carbons (Fsp3) is 0.250. The van der Waals surface area contributed by atoms with Crippen molar-refractivity contribution in [2.24, 2.45) is 0 Å². The summed E-state index contributed by atoms with van der Waals surface area (Å²) in [6.45, 7) is 3.63. The standard InChI is InChI=1S/C24H26N2O3S/c1-19-8-14-23(15-9-19)30(27,28)26-18-25(16-20-6-4-3-5-7-20)17-24(26)21-10-12-22(29-2)13-11-21/h3-15,24H,16-18H2,1-2H3. The van der Waals surface area contributed by atoms with Crippen molar-refractivity contribution in [1.29, 1.82) is 0 Å². The molecule has 1 aliphatic rings. The van der Waals surface area contributed by atoms with E-state index in [0.717, 1.165) is 16.9 Å². The Balaban J connectivity index is 1.67. The van der Waals surface area contributed by atoms with Gasteiger partial charge < -0.3 is 4.74 Å². The van der Waals surface area contributed by atoms with Gasteiger partial charge in [-0.3, -0.25) is 4.90 Å². The summed E-state index contributed by atoms with van der Waals surface area (Å²) in [4.78, 5) is 2.50. The van der Waals surface area contributed by atoms with E-state index in [4.69, 9.17) is 4.74 Å². The van der Waals surface area contributed by atoms with Crippen molar-refractivity contribution in [2.75, 3.05) is 20.3 Å². The Kier molecular flexibility index (Phi) is 5.90. The molecular weight excluding hydrogens is 396 g/mol. The first-order chi connectivity index (χ1) is 14.5. The van der Waals surface area contributed by atoms with Crippen LogP contribution in [0.5, 0.6) is 5.75 Å². The van der Waals surface area contributed by atoms with E-state index < -0.39 is 10.0 Å². The number of aryl methyl sites for hydroxylation is 1. The maximum atomic E-state index is 13.5. The quantitative estimate of drug-likeness (QED) is 0.597. The summed E-state index contributed by atoms with van der Waals surface area (Å²) >= 11 is 0. The molecule has 0 amide bonds. The van der Waals surface area contributed by atoms with E-state index in [1.54, 1.807) is 23.5 Å². The van der Waals surface area contributed by atoms with Crippen LogP contribution in [-0.2, 0) is 16.6 Å². The van der Waals surface area contributed by atoms with Gasteiger partial charge in [0.2, 0.25) is 10.0 Å². The Morgan fingerprint density at radius 2 is 1.60 bits per heavy atom. The number of hydrogen-bond acceptors (Lipinski definition) is 4. The third-order valence-electron chi connectivity index (χ3n) is 5.50. The Hall–Kier alpha value is -2.67. The van der Waals surface area contributed by atoms with Crippen molar-refractivity contribution < 1.29 is 13.2 Å². The molecule has 1 fully saturated rings. The van der Waals surface area contributed by atoms with Crippen LogP contribution in [0.3, 0.4) is 0 Å². The summed E-state index contributed by atoms with van der Waals surface area (Å²) < 4.78 is 33.9. The van der Waals surface area contributed by atoms with Gasteiger partial charge in [-0.05, 0) is 42.3 Å². The summed E-state index contributed by atoms with van der Waals surface area (Å²) in [5.74, 6) is 0.755.